The van der Waals surface area contributed by atoms with E-state index in [1.165, 1.54) is 11.4 Å². The summed E-state index contributed by atoms with van der Waals surface area (Å²) in [4.78, 5) is 18.9. The molecule has 0 bridgehead atoms. The maximum atomic E-state index is 5.53. The molecule has 0 radical (unpaired) electrons. The fourth-order valence-corrected chi connectivity index (χ4v) is 3.99. The van der Waals surface area contributed by atoms with E-state index in [0.29, 0.717) is 5.92 Å². The number of imidazole rings is 1. The minimum atomic E-state index is 0.275. The van der Waals surface area contributed by atoms with Gasteiger partial charge in [-0.2, -0.15) is 0 Å². The van der Waals surface area contributed by atoms with Gasteiger partial charge in [0, 0.05) is 36.5 Å². The Bertz CT molecular complexity index is 963. The third-order valence-electron chi connectivity index (χ3n) is 5.42. The van der Waals surface area contributed by atoms with Gasteiger partial charge in [0.1, 0.15) is 12.1 Å². The standard InChI is InChI=1S/C20H21N5O2/c1-13-19(23-11-22-13)14-4-6-25(7-5-14)20-16(9-21-10-24-20)15-2-3-17-18(8-15)27-12-26-17/h2-3,8-11,14H,4-7,12H2,1H3,(H,22,23). The highest BCUT2D eigenvalue weighted by Crippen LogP contribution is 2.39. The van der Waals surface area contributed by atoms with Gasteiger partial charge in [-0.15, -0.1) is 0 Å². The number of benzene rings is 1. The van der Waals surface area contributed by atoms with Crippen molar-refractivity contribution in [2.24, 2.45) is 0 Å². The highest BCUT2D eigenvalue weighted by molar-refractivity contribution is 5.77. The number of aryl methyl sites for hydroxylation is 1. The summed E-state index contributed by atoms with van der Waals surface area (Å²) in [6, 6.07) is 5.99. The zero-order chi connectivity index (χ0) is 18.2. The molecule has 0 amide bonds. The second-order valence-corrected chi connectivity index (χ2v) is 7.00. The quantitative estimate of drug-likeness (QED) is 0.770. The fourth-order valence-electron chi connectivity index (χ4n) is 3.99. The Morgan fingerprint density at radius 1 is 1.11 bits per heavy atom. The van der Waals surface area contributed by atoms with E-state index in [1.807, 2.05) is 24.4 Å². The number of hydrogen-bond donors (Lipinski definition) is 1. The summed E-state index contributed by atoms with van der Waals surface area (Å²) in [6.07, 6.45) is 7.42. The Morgan fingerprint density at radius 2 is 1.96 bits per heavy atom. The maximum Gasteiger partial charge on any atom is 0.231 e. The summed E-state index contributed by atoms with van der Waals surface area (Å²) in [5.74, 6) is 3.03. The van der Waals surface area contributed by atoms with E-state index < -0.39 is 0 Å². The Kier molecular flexibility index (Phi) is 3.92. The molecule has 3 aromatic rings. The highest BCUT2D eigenvalue weighted by Gasteiger charge is 2.26. The van der Waals surface area contributed by atoms with Crippen LogP contribution in [0.4, 0.5) is 5.82 Å². The molecule has 0 spiro atoms. The average Bonchev–Trinajstić information content (AvgIpc) is 3.36. The molecule has 2 aliphatic heterocycles. The molecule has 138 valence electrons. The van der Waals surface area contributed by atoms with Crippen molar-refractivity contribution >= 4 is 5.82 Å². The third kappa shape index (κ3) is 2.89. The first-order valence-electron chi connectivity index (χ1n) is 9.24. The van der Waals surface area contributed by atoms with Crippen molar-refractivity contribution in [2.45, 2.75) is 25.7 Å². The molecule has 2 aliphatic rings. The number of ether oxygens (including phenoxy) is 2. The van der Waals surface area contributed by atoms with Gasteiger partial charge < -0.3 is 19.4 Å². The summed E-state index contributed by atoms with van der Waals surface area (Å²) in [6.45, 7) is 4.27. The Labute approximate surface area is 157 Å². The molecule has 7 nitrogen and oxygen atoms in total. The van der Waals surface area contributed by atoms with Crippen molar-refractivity contribution in [3.05, 3.63) is 48.4 Å². The fraction of sp³-hybridized carbons (Fsp3) is 0.350. The van der Waals surface area contributed by atoms with Crippen LogP contribution >= 0.6 is 0 Å². The van der Waals surface area contributed by atoms with Crippen molar-refractivity contribution in [1.29, 1.82) is 0 Å². The summed E-state index contributed by atoms with van der Waals surface area (Å²) in [5.41, 5.74) is 4.44. The van der Waals surface area contributed by atoms with E-state index in [-0.39, 0.29) is 6.79 Å². The first kappa shape index (κ1) is 16.1. The smallest absolute Gasteiger partial charge is 0.231 e. The lowest BCUT2D eigenvalue weighted by Crippen LogP contribution is -2.34. The van der Waals surface area contributed by atoms with Crippen LogP contribution in [0.1, 0.15) is 30.1 Å². The van der Waals surface area contributed by atoms with E-state index in [1.54, 1.807) is 12.7 Å². The topological polar surface area (TPSA) is 76.2 Å². The maximum absolute atomic E-state index is 5.53. The number of nitrogens with zero attached hydrogens (tertiary/aromatic N) is 4. The lowest BCUT2D eigenvalue weighted by molar-refractivity contribution is 0.174. The number of nitrogens with one attached hydrogen (secondary N) is 1. The van der Waals surface area contributed by atoms with E-state index in [4.69, 9.17) is 9.47 Å². The zero-order valence-electron chi connectivity index (χ0n) is 15.2. The van der Waals surface area contributed by atoms with Crippen molar-refractivity contribution in [3.8, 4) is 22.6 Å². The molecule has 27 heavy (non-hydrogen) atoms. The highest BCUT2D eigenvalue weighted by atomic mass is 16.7. The molecule has 1 aromatic carbocycles. The van der Waals surface area contributed by atoms with Crippen molar-refractivity contribution in [2.75, 3.05) is 24.8 Å². The predicted octanol–water partition coefficient (Wildman–Crippen LogP) is 3.29. The summed E-state index contributed by atoms with van der Waals surface area (Å²) >= 11 is 0. The molecule has 1 saturated heterocycles. The minimum Gasteiger partial charge on any atom is -0.454 e. The first-order valence-corrected chi connectivity index (χ1v) is 9.24. The number of piperidine rings is 1. The van der Waals surface area contributed by atoms with Crippen LogP contribution in [-0.4, -0.2) is 39.8 Å². The number of rotatable bonds is 3. The van der Waals surface area contributed by atoms with E-state index in [9.17, 15) is 0 Å². The second kappa shape index (κ2) is 6.57. The summed E-state index contributed by atoms with van der Waals surface area (Å²) < 4.78 is 10.9. The van der Waals surface area contributed by atoms with Crippen LogP contribution < -0.4 is 14.4 Å². The second-order valence-electron chi connectivity index (χ2n) is 7.00. The Balaban J connectivity index is 1.40. The molecular formula is C20H21N5O2. The van der Waals surface area contributed by atoms with Gasteiger partial charge in [0.15, 0.2) is 11.5 Å². The van der Waals surface area contributed by atoms with Crippen LogP contribution in [0.25, 0.3) is 11.1 Å². The number of hydrogen-bond acceptors (Lipinski definition) is 6. The van der Waals surface area contributed by atoms with Gasteiger partial charge in [0.25, 0.3) is 0 Å². The lowest BCUT2D eigenvalue weighted by Gasteiger charge is -2.33. The molecular weight excluding hydrogens is 342 g/mol. The molecule has 0 atom stereocenters. The number of fused-ring (bicyclic) bond motifs is 1. The van der Waals surface area contributed by atoms with Crippen LogP contribution in [0.3, 0.4) is 0 Å². The number of aromatic nitrogens is 4. The normalized spacial score (nSPS) is 16.7. The molecule has 0 saturated carbocycles. The lowest BCUT2D eigenvalue weighted by atomic mass is 9.92. The molecule has 0 aliphatic carbocycles. The van der Waals surface area contributed by atoms with Gasteiger partial charge in [0.05, 0.1) is 12.0 Å². The zero-order valence-corrected chi connectivity index (χ0v) is 15.2. The van der Waals surface area contributed by atoms with Gasteiger partial charge in [-0.25, -0.2) is 15.0 Å². The van der Waals surface area contributed by atoms with Crippen LogP contribution in [-0.2, 0) is 0 Å². The number of H-pyrrole nitrogens is 1. The monoisotopic (exact) mass is 363 g/mol. The SMILES string of the molecule is Cc1[nH]cnc1C1CCN(c2ncncc2-c2ccc3c(c2)OCO3)CC1. The van der Waals surface area contributed by atoms with Crippen molar-refractivity contribution < 1.29 is 9.47 Å². The predicted molar refractivity (Wildman–Crippen MR) is 101 cm³/mol. The van der Waals surface area contributed by atoms with Gasteiger partial charge in [-0.3, -0.25) is 0 Å². The van der Waals surface area contributed by atoms with Crippen molar-refractivity contribution in [3.63, 3.8) is 0 Å². The average molecular weight is 363 g/mol. The molecule has 7 heteroatoms. The molecule has 5 rings (SSSR count). The van der Waals surface area contributed by atoms with Gasteiger partial charge >= 0.3 is 0 Å². The first-order chi connectivity index (χ1) is 13.3. The third-order valence-corrected chi connectivity index (χ3v) is 5.42. The summed E-state index contributed by atoms with van der Waals surface area (Å²) in [7, 11) is 0. The van der Waals surface area contributed by atoms with Gasteiger partial charge in [0.2, 0.25) is 6.79 Å². The van der Waals surface area contributed by atoms with E-state index >= 15 is 0 Å². The molecule has 4 heterocycles. The van der Waals surface area contributed by atoms with E-state index in [2.05, 4.69) is 31.8 Å². The summed E-state index contributed by atoms with van der Waals surface area (Å²) in [5, 5.41) is 0. The Morgan fingerprint density at radius 3 is 2.78 bits per heavy atom. The number of anilines is 1. The van der Waals surface area contributed by atoms with Crippen LogP contribution in [0.2, 0.25) is 0 Å². The molecule has 2 aromatic heterocycles. The molecule has 0 unspecified atom stereocenters. The van der Waals surface area contributed by atoms with Gasteiger partial charge in [-0.1, -0.05) is 6.07 Å². The number of aromatic amines is 1. The van der Waals surface area contributed by atoms with E-state index in [0.717, 1.165) is 54.4 Å². The van der Waals surface area contributed by atoms with Crippen molar-refractivity contribution in [1.82, 2.24) is 19.9 Å². The van der Waals surface area contributed by atoms with Crippen LogP contribution in [0.5, 0.6) is 11.5 Å². The molecule has 1 fully saturated rings. The Hall–Kier alpha value is -3.09. The van der Waals surface area contributed by atoms with Crippen LogP contribution in [0.15, 0.2) is 37.1 Å². The van der Waals surface area contributed by atoms with Crippen LogP contribution in [0, 0.1) is 6.92 Å². The van der Waals surface area contributed by atoms with Gasteiger partial charge in [-0.05, 0) is 37.5 Å². The molecule has 1 N–H and O–H groups in total. The minimum absolute atomic E-state index is 0.275. The largest absolute Gasteiger partial charge is 0.454 e.